The van der Waals surface area contributed by atoms with Crippen molar-refractivity contribution in [2.75, 3.05) is 20.8 Å². The van der Waals surface area contributed by atoms with E-state index in [1.165, 1.54) is 0 Å². The van der Waals surface area contributed by atoms with Crippen LogP contribution in [0.3, 0.4) is 0 Å². The highest BCUT2D eigenvalue weighted by Gasteiger charge is 2.61. The Kier molecular flexibility index (Phi) is 3.50. The lowest BCUT2D eigenvalue weighted by atomic mass is 10.1. The Balaban J connectivity index is 2.52. The van der Waals surface area contributed by atoms with Crippen LogP contribution in [0.5, 0.6) is 0 Å². The lowest BCUT2D eigenvalue weighted by molar-refractivity contribution is -0.156. The molecule has 2 atom stereocenters. The highest BCUT2D eigenvalue weighted by Crippen LogP contribution is 2.55. The average Bonchev–Trinajstić information content (AvgIpc) is 2.83. The van der Waals surface area contributed by atoms with Crippen LogP contribution < -0.4 is 0 Å². The molecule has 82 valence electrons. The first kappa shape index (κ1) is 11.5. The van der Waals surface area contributed by atoms with Crippen molar-refractivity contribution < 1.29 is 19.0 Å². The van der Waals surface area contributed by atoms with Gasteiger partial charge in [0, 0.05) is 20.1 Å². The standard InChI is InChI=1S/C10H18O4/c1-5-14-9(11)10(2)6-7(10)8(12-3)13-4/h7-8H,5-6H2,1-4H3/t7-,10+/m0/s1. The van der Waals surface area contributed by atoms with Crippen LogP contribution >= 0.6 is 0 Å². The number of carbonyl (C=O) groups excluding carboxylic acids is 1. The minimum Gasteiger partial charge on any atom is -0.466 e. The second-order valence-electron chi connectivity index (χ2n) is 3.79. The third-order valence-electron chi connectivity index (χ3n) is 2.84. The molecule has 0 unspecified atom stereocenters. The van der Waals surface area contributed by atoms with Crippen LogP contribution in [0.4, 0.5) is 0 Å². The maximum Gasteiger partial charge on any atom is 0.312 e. The number of methoxy groups -OCH3 is 2. The van der Waals surface area contributed by atoms with E-state index in [9.17, 15) is 4.79 Å². The molecule has 0 N–H and O–H groups in total. The summed E-state index contributed by atoms with van der Waals surface area (Å²) in [6.07, 6.45) is 0.474. The summed E-state index contributed by atoms with van der Waals surface area (Å²) in [6, 6.07) is 0. The zero-order chi connectivity index (χ0) is 10.8. The van der Waals surface area contributed by atoms with E-state index in [0.717, 1.165) is 6.42 Å². The molecule has 1 fully saturated rings. The molecule has 1 aliphatic carbocycles. The summed E-state index contributed by atoms with van der Waals surface area (Å²) in [7, 11) is 3.16. The first-order valence-corrected chi connectivity index (χ1v) is 4.83. The summed E-state index contributed by atoms with van der Waals surface area (Å²) in [5, 5.41) is 0. The maximum atomic E-state index is 11.5. The maximum absolute atomic E-state index is 11.5. The molecule has 0 aromatic rings. The number of carbonyl (C=O) groups is 1. The van der Waals surface area contributed by atoms with Crippen LogP contribution in [0, 0.1) is 11.3 Å². The van der Waals surface area contributed by atoms with E-state index < -0.39 is 5.41 Å². The molecule has 0 heterocycles. The summed E-state index contributed by atoms with van der Waals surface area (Å²) in [5.41, 5.74) is -0.410. The molecule has 4 heteroatoms. The Morgan fingerprint density at radius 2 is 2.07 bits per heavy atom. The van der Waals surface area contributed by atoms with Crippen LogP contribution in [-0.2, 0) is 19.0 Å². The van der Waals surface area contributed by atoms with E-state index in [2.05, 4.69) is 0 Å². The second kappa shape index (κ2) is 4.28. The van der Waals surface area contributed by atoms with Crippen molar-refractivity contribution in [2.45, 2.75) is 26.6 Å². The fraction of sp³-hybridized carbons (Fsp3) is 0.900. The van der Waals surface area contributed by atoms with Gasteiger partial charge in [-0.1, -0.05) is 0 Å². The van der Waals surface area contributed by atoms with Gasteiger partial charge in [0.05, 0.1) is 12.0 Å². The molecule has 1 rings (SSSR count). The summed E-state index contributed by atoms with van der Waals surface area (Å²) in [5.74, 6) is -0.0272. The predicted octanol–water partition coefficient (Wildman–Crippen LogP) is 1.19. The van der Waals surface area contributed by atoms with Crippen molar-refractivity contribution in [3.8, 4) is 0 Å². The minimum absolute atomic E-state index is 0.122. The van der Waals surface area contributed by atoms with E-state index in [0.29, 0.717) is 6.61 Å². The Morgan fingerprint density at radius 1 is 1.50 bits per heavy atom. The number of hydrogen-bond donors (Lipinski definition) is 0. The smallest absolute Gasteiger partial charge is 0.312 e. The molecule has 0 bridgehead atoms. The van der Waals surface area contributed by atoms with Gasteiger partial charge in [-0.3, -0.25) is 4.79 Å². The Bertz CT molecular complexity index is 212. The normalized spacial score (nSPS) is 30.5. The van der Waals surface area contributed by atoms with Crippen molar-refractivity contribution in [1.82, 2.24) is 0 Å². The molecule has 0 radical (unpaired) electrons. The van der Waals surface area contributed by atoms with Gasteiger partial charge < -0.3 is 14.2 Å². The molecule has 0 aromatic heterocycles. The predicted molar refractivity (Wildman–Crippen MR) is 50.7 cm³/mol. The van der Waals surface area contributed by atoms with Crippen LogP contribution in [0.15, 0.2) is 0 Å². The zero-order valence-electron chi connectivity index (χ0n) is 9.20. The number of esters is 1. The van der Waals surface area contributed by atoms with Crippen molar-refractivity contribution in [3.05, 3.63) is 0 Å². The van der Waals surface area contributed by atoms with Crippen molar-refractivity contribution in [2.24, 2.45) is 11.3 Å². The van der Waals surface area contributed by atoms with Gasteiger partial charge in [0.2, 0.25) is 0 Å². The molecule has 14 heavy (non-hydrogen) atoms. The third kappa shape index (κ3) is 1.91. The minimum atomic E-state index is -0.410. The third-order valence-corrected chi connectivity index (χ3v) is 2.84. The summed E-state index contributed by atoms with van der Waals surface area (Å²) in [4.78, 5) is 11.5. The highest BCUT2D eigenvalue weighted by atomic mass is 16.7. The van der Waals surface area contributed by atoms with Gasteiger partial charge in [-0.2, -0.15) is 0 Å². The van der Waals surface area contributed by atoms with Gasteiger partial charge in [-0.15, -0.1) is 0 Å². The second-order valence-corrected chi connectivity index (χ2v) is 3.79. The fourth-order valence-electron chi connectivity index (χ4n) is 1.75. The molecular formula is C10H18O4. The number of rotatable bonds is 5. The van der Waals surface area contributed by atoms with E-state index in [1.807, 2.05) is 13.8 Å². The molecular weight excluding hydrogens is 184 g/mol. The number of ether oxygens (including phenoxy) is 3. The molecule has 0 aromatic carbocycles. The quantitative estimate of drug-likeness (QED) is 0.496. The van der Waals surface area contributed by atoms with Crippen molar-refractivity contribution >= 4 is 5.97 Å². The Labute approximate surface area is 84.5 Å². The van der Waals surface area contributed by atoms with Crippen molar-refractivity contribution in [1.29, 1.82) is 0 Å². The first-order chi connectivity index (χ1) is 6.60. The molecule has 0 spiro atoms. The van der Waals surface area contributed by atoms with E-state index in [4.69, 9.17) is 14.2 Å². The first-order valence-electron chi connectivity index (χ1n) is 4.83. The molecule has 0 aliphatic heterocycles. The SMILES string of the molecule is CCOC(=O)[C@]1(C)C[C@H]1C(OC)OC. The molecule has 0 amide bonds. The van der Waals surface area contributed by atoms with Crippen LogP contribution in [0.25, 0.3) is 0 Å². The van der Waals surface area contributed by atoms with Crippen molar-refractivity contribution in [3.63, 3.8) is 0 Å². The molecule has 0 saturated heterocycles. The van der Waals surface area contributed by atoms with E-state index in [-0.39, 0.29) is 18.2 Å². The molecule has 1 aliphatic rings. The topological polar surface area (TPSA) is 44.8 Å². The van der Waals surface area contributed by atoms with Crippen LogP contribution in [0.1, 0.15) is 20.3 Å². The largest absolute Gasteiger partial charge is 0.466 e. The summed E-state index contributed by atoms with van der Waals surface area (Å²) < 4.78 is 15.2. The van der Waals surface area contributed by atoms with Crippen LogP contribution in [0.2, 0.25) is 0 Å². The van der Waals surface area contributed by atoms with E-state index in [1.54, 1.807) is 14.2 Å². The zero-order valence-corrected chi connectivity index (χ0v) is 9.20. The fourth-order valence-corrected chi connectivity index (χ4v) is 1.75. The number of hydrogen-bond acceptors (Lipinski definition) is 4. The Morgan fingerprint density at radius 3 is 2.50 bits per heavy atom. The average molecular weight is 202 g/mol. The lowest BCUT2D eigenvalue weighted by Crippen LogP contribution is -2.25. The van der Waals surface area contributed by atoms with Gasteiger partial charge >= 0.3 is 5.97 Å². The van der Waals surface area contributed by atoms with Gasteiger partial charge in [0.15, 0.2) is 6.29 Å². The van der Waals surface area contributed by atoms with Gasteiger partial charge in [-0.05, 0) is 20.3 Å². The van der Waals surface area contributed by atoms with Gasteiger partial charge in [0.25, 0.3) is 0 Å². The highest BCUT2D eigenvalue weighted by molar-refractivity contribution is 5.80. The van der Waals surface area contributed by atoms with Crippen LogP contribution in [-0.4, -0.2) is 33.1 Å². The lowest BCUT2D eigenvalue weighted by Gasteiger charge is -2.16. The Hall–Kier alpha value is -0.610. The molecule has 1 saturated carbocycles. The molecule has 4 nitrogen and oxygen atoms in total. The summed E-state index contributed by atoms with van der Waals surface area (Å²) >= 11 is 0. The summed E-state index contributed by atoms with van der Waals surface area (Å²) in [6.45, 7) is 4.12. The monoisotopic (exact) mass is 202 g/mol. The van der Waals surface area contributed by atoms with E-state index >= 15 is 0 Å². The van der Waals surface area contributed by atoms with Gasteiger partial charge in [-0.25, -0.2) is 0 Å². The van der Waals surface area contributed by atoms with Gasteiger partial charge in [0.1, 0.15) is 0 Å².